The van der Waals surface area contributed by atoms with Crippen LogP contribution in [0.15, 0.2) is 18.3 Å². The van der Waals surface area contributed by atoms with E-state index in [-0.39, 0.29) is 11.9 Å². The van der Waals surface area contributed by atoms with E-state index in [1.165, 1.54) is 0 Å². The molecular weight excluding hydrogens is 240 g/mol. The summed E-state index contributed by atoms with van der Waals surface area (Å²) in [6.45, 7) is 5.70. The van der Waals surface area contributed by atoms with Gasteiger partial charge in [0.05, 0.1) is 0 Å². The van der Waals surface area contributed by atoms with Gasteiger partial charge < -0.3 is 16.0 Å². The highest BCUT2D eigenvalue weighted by Crippen LogP contribution is 2.10. The van der Waals surface area contributed by atoms with Gasteiger partial charge in [-0.2, -0.15) is 0 Å². The van der Waals surface area contributed by atoms with Gasteiger partial charge in [0.25, 0.3) is 5.91 Å². The maximum absolute atomic E-state index is 12.1. The van der Waals surface area contributed by atoms with Crippen molar-refractivity contribution in [2.75, 3.05) is 19.6 Å². The van der Waals surface area contributed by atoms with Crippen molar-refractivity contribution in [3.05, 3.63) is 29.6 Å². The highest BCUT2D eigenvalue weighted by molar-refractivity contribution is 5.92. The number of hydrogen-bond donors (Lipinski definition) is 2. The quantitative estimate of drug-likeness (QED) is 0.840. The molecular formula is C14H22N4O. The second-order valence-corrected chi connectivity index (χ2v) is 4.96. The number of rotatable bonds is 4. The Morgan fingerprint density at radius 1 is 1.58 bits per heavy atom. The summed E-state index contributed by atoms with van der Waals surface area (Å²) in [6.07, 6.45) is 3.84. The topological polar surface area (TPSA) is 71.2 Å². The van der Waals surface area contributed by atoms with Crippen LogP contribution in [-0.2, 0) is 6.54 Å². The minimum atomic E-state index is -0.0912. The standard InChI is InChI=1S/C14H22N4O/c1-2-18-7-3-4-12(10-18)17-14(19)13-6-5-11(8-15)9-16-13/h5-6,9,12H,2-4,7-8,10,15H2,1H3,(H,17,19). The summed E-state index contributed by atoms with van der Waals surface area (Å²) in [5, 5.41) is 3.06. The maximum atomic E-state index is 12.1. The van der Waals surface area contributed by atoms with Gasteiger partial charge >= 0.3 is 0 Å². The van der Waals surface area contributed by atoms with E-state index in [4.69, 9.17) is 5.73 Å². The smallest absolute Gasteiger partial charge is 0.270 e. The van der Waals surface area contributed by atoms with Crippen molar-refractivity contribution in [3.8, 4) is 0 Å². The first-order chi connectivity index (χ1) is 9.22. The van der Waals surface area contributed by atoms with Gasteiger partial charge in [-0.05, 0) is 37.6 Å². The van der Waals surface area contributed by atoms with E-state index in [1.54, 1.807) is 12.3 Å². The molecule has 5 heteroatoms. The van der Waals surface area contributed by atoms with Crippen molar-refractivity contribution >= 4 is 5.91 Å². The monoisotopic (exact) mass is 262 g/mol. The predicted octanol–water partition coefficient (Wildman–Crippen LogP) is 0.754. The number of aromatic nitrogens is 1. The van der Waals surface area contributed by atoms with Gasteiger partial charge in [-0.25, -0.2) is 0 Å². The van der Waals surface area contributed by atoms with Crippen molar-refractivity contribution in [2.45, 2.75) is 32.4 Å². The second kappa shape index (κ2) is 6.63. The molecule has 1 amide bonds. The molecule has 0 saturated carbocycles. The van der Waals surface area contributed by atoms with Crippen molar-refractivity contribution < 1.29 is 4.79 Å². The maximum Gasteiger partial charge on any atom is 0.270 e. The van der Waals surface area contributed by atoms with Crippen LogP contribution in [0.4, 0.5) is 0 Å². The highest BCUT2D eigenvalue weighted by atomic mass is 16.1. The number of hydrogen-bond acceptors (Lipinski definition) is 4. The predicted molar refractivity (Wildman–Crippen MR) is 74.7 cm³/mol. The van der Waals surface area contributed by atoms with Gasteiger partial charge in [0.15, 0.2) is 0 Å². The van der Waals surface area contributed by atoms with Gasteiger partial charge in [0.1, 0.15) is 5.69 Å². The van der Waals surface area contributed by atoms with E-state index < -0.39 is 0 Å². The average Bonchev–Trinajstić information content (AvgIpc) is 2.47. The minimum Gasteiger partial charge on any atom is -0.347 e. The third-order valence-electron chi connectivity index (χ3n) is 3.58. The van der Waals surface area contributed by atoms with Gasteiger partial charge in [0, 0.05) is 25.3 Å². The number of carbonyl (C=O) groups excluding carboxylic acids is 1. The molecule has 1 fully saturated rings. The largest absolute Gasteiger partial charge is 0.347 e. The van der Waals surface area contributed by atoms with Crippen LogP contribution in [0.2, 0.25) is 0 Å². The normalized spacial score (nSPS) is 20.2. The molecule has 2 heterocycles. The number of likely N-dealkylation sites (tertiary alicyclic amines) is 1. The first-order valence-electron chi connectivity index (χ1n) is 6.91. The summed E-state index contributed by atoms with van der Waals surface area (Å²) >= 11 is 0. The van der Waals surface area contributed by atoms with Crippen LogP contribution in [0.5, 0.6) is 0 Å². The lowest BCUT2D eigenvalue weighted by Gasteiger charge is -2.32. The van der Waals surface area contributed by atoms with Crippen molar-refractivity contribution in [2.24, 2.45) is 5.73 Å². The van der Waals surface area contributed by atoms with Gasteiger partial charge in [-0.3, -0.25) is 9.78 Å². The lowest BCUT2D eigenvalue weighted by Crippen LogP contribution is -2.47. The molecule has 0 radical (unpaired) electrons. The van der Waals surface area contributed by atoms with Crippen LogP contribution in [0, 0.1) is 0 Å². The number of nitrogens with one attached hydrogen (secondary N) is 1. The SMILES string of the molecule is CCN1CCCC(NC(=O)c2ccc(CN)cn2)C1. The van der Waals surface area contributed by atoms with Crippen LogP contribution in [0.1, 0.15) is 35.8 Å². The summed E-state index contributed by atoms with van der Waals surface area (Å²) < 4.78 is 0. The lowest BCUT2D eigenvalue weighted by atomic mass is 10.1. The fourth-order valence-corrected chi connectivity index (χ4v) is 2.40. The summed E-state index contributed by atoms with van der Waals surface area (Å²) in [5.74, 6) is -0.0912. The van der Waals surface area contributed by atoms with Crippen molar-refractivity contribution in [3.63, 3.8) is 0 Å². The third-order valence-corrected chi connectivity index (χ3v) is 3.58. The van der Waals surface area contributed by atoms with Crippen LogP contribution in [-0.4, -0.2) is 41.5 Å². The summed E-state index contributed by atoms with van der Waals surface area (Å²) in [4.78, 5) is 18.6. The third kappa shape index (κ3) is 3.75. The molecule has 1 aliphatic rings. The Labute approximate surface area is 114 Å². The van der Waals surface area contributed by atoms with E-state index in [2.05, 4.69) is 22.1 Å². The molecule has 0 aromatic carbocycles. The zero-order valence-electron chi connectivity index (χ0n) is 11.4. The van der Waals surface area contributed by atoms with Gasteiger partial charge in [-0.15, -0.1) is 0 Å². The molecule has 0 bridgehead atoms. The molecule has 1 aromatic heterocycles. The Balaban J connectivity index is 1.92. The van der Waals surface area contributed by atoms with Crippen LogP contribution >= 0.6 is 0 Å². The molecule has 5 nitrogen and oxygen atoms in total. The molecule has 1 unspecified atom stereocenters. The van der Waals surface area contributed by atoms with E-state index in [1.807, 2.05) is 6.07 Å². The Morgan fingerprint density at radius 2 is 2.42 bits per heavy atom. The molecule has 1 atom stereocenters. The molecule has 19 heavy (non-hydrogen) atoms. The molecule has 1 saturated heterocycles. The van der Waals surface area contributed by atoms with Gasteiger partial charge in [0.2, 0.25) is 0 Å². The number of nitrogens with zero attached hydrogens (tertiary/aromatic N) is 2. The summed E-state index contributed by atoms with van der Waals surface area (Å²) in [7, 11) is 0. The number of nitrogens with two attached hydrogens (primary N) is 1. The van der Waals surface area contributed by atoms with E-state index in [9.17, 15) is 4.79 Å². The first kappa shape index (κ1) is 14.0. The number of likely N-dealkylation sites (N-methyl/N-ethyl adjacent to an activating group) is 1. The molecule has 104 valence electrons. The summed E-state index contributed by atoms with van der Waals surface area (Å²) in [5.41, 5.74) is 6.91. The van der Waals surface area contributed by atoms with Gasteiger partial charge in [-0.1, -0.05) is 13.0 Å². The molecule has 0 spiro atoms. The fraction of sp³-hybridized carbons (Fsp3) is 0.571. The summed E-state index contributed by atoms with van der Waals surface area (Å²) in [6, 6.07) is 3.82. The number of pyridine rings is 1. The zero-order valence-corrected chi connectivity index (χ0v) is 11.4. The average molecular weight is 262 g/mol. The number of amides is 1. The number of piperidine rings is 1. The van der Waals surface area contributed by atoms with Crippen LogP contribution in [0.25, 0.3) is 0 Å². The molecule has 1 aromatic rings. The number of carbonyl (C=O) groups is 1. The zero-order chi connectivity index (χ0) is 13.7. The Hall–Kier alpha value is -1.46. The Morgan fingerprint density at radius 3 is 3.05 bits per heavy atom. The molecule has 0 aliphatic carbocycles. The molecule has 2 rings (SSSR count). The minimum absolute atomic E-state index is 0.0912. The van der Waals surface area contributed by atoms with E-state index in [0.29, 0.717) is 12.2 Å². The van der Waals surface area contributed by atoms with Crippen LogP contribution < -0.4 is 11.1 Å². The Kier molecular flexibility index (Phi) is 4.87. The van der Waals surface area contributed by atoms with E-state index in [0.717, 1.165) is 38.0 Å². The second-order valence-electron chi connectivity index (χ2n) is 4.96. The molecule has 3 N–H and O–H groups in total. The van der Waals surface area contributed by atoms with Crippen molar-refractivity contribution in [1.82, 2.24) is 15.2 Å². The van der Waals surface area contributed by atoms with E-state index >= 15 is 0 Å². The highest BCUT2D eigenvalue weighted by Gasteiger charge is 2.21. The lowest BCUT2D eigenvalue weighted by molar-refractivity contribution is 0.0901. The Bertz CT molecular complexity index is 418. The first-order valence-corrected chi connectivity index (χ1v) is 6.91. The fourth-order valence-electron chi connectivity index (χ4n) is 2.40. The molecule has 1 aliphatic heterocycles. The van der Waals surface area contributed by atoms with Crippen molar-refractivity contribution in [1.29, 1.82) is 0 Å². The van der Waals surface area contributed by atoms with Crippen LogP contribution in [0.3, 0.4) is 0 Å².